The van der Waals surface area contributed by atoms with Gasteiger partial charge in [-0.15, -0.1) is 11.8 Å². The van der Waals surface area contributed by atoms with Gasteiger partial charge in [-0.3, -0.25) is 39.1 Å². The zero-order chi connectivity index (χ0) is 37.1. The monoisotopic (exact) mass is 754 g/mol. The summed E-state index contributed by atoms with van der Waals surface area (Å²) in [5.74, 6) is -0.625. The molecule has 3 heterocycles. The molecule has 53 heavy (non-hydrogen) atoms. The van der Waals surface area contributed by atoms with Crippen LogP contribution < -0.4 is 20.3 Å². The molecule has 1 saturated carbocycles. The standard InChI is InChI=1S/C39H39ClN6O6S/c40-33-21-29(8-3-25(33)23-41)52-28-9-4-26(5-10-28)42-36(48)24-1-6-27(7-2-24)45-17-15-44(16-18-45)19-20-53-30-11-12-31-32(22-30)39(51)46(38(31)50)34-13-14-35(47)43-37(34)49/h1-3,6-8,11-12,21-22,26,28,34H,4-5,9-10,13-20H2,(H,42,48)(H,43,47,49)/t26-,28-,34?. The summed E-state index contributed by atoms with van der Waals surface area (Å²) in [5, 5.41) is 14.9. The van der Waals surface area contributed by atoms with E-state index in [0.29, 0.717) is 27.5 Å². The van der Waals surface area contributed by atoms with Crippen LogP contribution in [0.2, 0.25) is 5.02 Å². The lowest BCUT2D eigenvalue weighted by Gasteiger charge is -2.36. The maximum Gasteiger partial charge on any atom is 0.262 e. The average Bonchev–Trinajstić information content (AvgIpc) is 3.41. The number of anilines is 1. The van der Waals surface area contributed by atoms with Crippen molar-refractivity contribution >= 4 is 58.6 Å². The van der Waals surface area contributed by atoms with Crippen molar-refractivity contribution < 1.29 is 28.7 Å². The Morgan fingerprint density at radius 3 is 2.34 bits per heavy atom. The summed E-state index contributed by atoms with van der Waals surface area (Å²) in [4.78, 5) is 69.7. The van der Waals surface area contributed by atoms with Gasteiger partial charge in [0.05, 0.1) is 27.8 Å². The number of benzene rings is 3. The van der Waals surface area contributed by atoms with Crippen molar-refractivity contribution in [3.05, 3.63) is 87.9 Å². The summed E-state index contributed by atoms with van der Waals surface area (Å²) in [6.45, 7) is 4.38. The number of carbonyl (C=O) groups excluding carboxylic acids is 5. The third kappa shape index (κ3) is 8.20. The van der Waals surface area contributed by atoms with E-state index in [2.05, 4.69) is 26.5 Å². The van der Waals surface area contributed by atoms with Crippen molar-refractivity contribution in [2.24, 2.45) is 0 Å². The Morgan fingerprint density at radius 1 is 0.906 bits per heavy atom. The Labute approximate surface area is 316 Å². The van der Waals surface area contributed by atoms with Crippen LogP contribution in [0.5, 0.6) is 5.75 Å². The average molecular weight is 755 g/mol. The highest BCUT2D eigenvalue weighted by molar-refractivity contribution is 7.99. The predicted molar refractivity (Wildman–Crippen MR) is 199 cm³/mol. The quantitative estimate of drug-likeness (QED) is 0.221. The second-order valence-corrected chi connectivity index (χ2v) is 15.3. The van der Waals surface area contributed by atoms with Crippen molar-refractivity contribution in [1.82, 2.24) is 20.4 Å². The number of piperidine rings is 1. The predicted octanol–water partition coefficient (Wildman–Crippen LogP) is 4.65. The number of amides is 5. The molecule has 2 saturated heterocycles. The van der Waals surface area contributed by atoms with Crippen molar-refractivity contribution in [3.63, 3.8) is 0 Å². The van der Waals surface area contributed by atoms with Gasteiger partial charge < -0.3 is 15.0 Å². The molecule has 0 aromatic heterocycles. The summed E-state index contributed by atoms with van der Waals surface area (Å²) in [6, 6.07) is 19.3. The number of thioether (sulfide) groups is 1. The fourth-order valence-electron chi connectivity index (χ4n) is 7.33. The van der Waals surface area contributed by atoms with Gasteiger partial charge in [0, 0.05) is 73.2 Å². The third-order valence-electron chi connectivity index (χ3n) is 10.3. The van der Waals surface area contributed by atoms with Crippen LogP contribution in [-0.2, 0) is 9.59 Å². The molecular formula is C39H39ClN6O6S. The summed E-state index contributed by atoms with van der Waals surface area (Å²) in [6.07, 6.45) is 3.53. The summed E-state index contributed by atoms with van der Waals surface area (Å²) in [7, 11) is 0. The van der Waals surface area contributed by atoms with E-state index in [4.69, 9.17) is 21.6 Å². The molecule has 274 valence electrons. The Morgan fingerprint density at radius 2 is 1.64 bits per heavy atom. The SMILES string of the molecule is N#Cc1ccc(O[C@H]2CC[C@H](NC(=O)c3ccc(N4CCN(CCSc5ccc6c(c5)C(=O)N(C5CCC(=O)NC5=O)C6=O)CC4)cc3)CC2)cc1Cl. The molecule has 1 aliphatic carbocycles. The first-order valence-electron chi connectivity index (χ1n) is 17.9. The number of nitrogens with zero attached hydrogens (tertiary/aromatic N) is 4. The van der Waals surface area contributed by atoms with Gasteiger partial charge >= 0.3 is 0 Å². The van der Waals surface area contributed by atoms with E-state index in [1.54, 1.807) is 42.1 Å². The summed E-state index contributed by atoms with van der Waals surface area (Å²) >= 11 is 7.76. The highest BCUT2D eigenvalue weighted by Crippen LogP contribution is 2.32. The van der Waals surface area contributed by atoms with Gasteiger partial charge in [0.2, 0.25) is 11.8 Å². The number of hydrogen-bond donors (Lipinski definition) is 2. The lowest BCUT2D eigenvalue weighted by molar-refractivity contribution is -0.136. The van der Waals surface area contributed by atoms with Gasteiger partial charge in [-0.2, -0.15) is 5.26 Å². The topological polar surface area (TPSA) is 152 Å². The number of hydrogen-bond acceptors (Lipinski definition) is 10. The van der Waals surface area contributed by atoms with Gasteiger partial charge in [-0.1, -0.05) is 11.6 Å². The van der Waals surface area contributed by atoms with E-state index in [-0.39, 0.29) is 36.5 Å². The zero-order valence-corrected chi connectivity index (χ0v) is 30.6. The van der Waals surface area contributed by atoms with Gasteiger partial charge in [-0.05, 0) is 86.7 Å². The number of fused-ring (bicyclic) bond motifs is 1. The summed E-state index contributed by atoms with van der Waals surface area (Å²) < 4.78 is 6.08. The maximum atomic E-state index is 13.2. The Kier molecular flexibility index (Phi) is 11.0. The second kappa shape index (κ2) is 16.0. The van der Waals surface area contributed by atoms with Crippen LogP contribution in [0.15, 0.2) is 65.6 Å². The minimum atomic E-state index is -0.973. The van der Waals surface area contributed by atoms with E-state index >= 15 is 0 Å². The molecule has 12 nitrogen and oxygen atoms in total. The molecule has 3 aromatic carbocycles. The number of nitrogens with one attached hydrogen (secondary N) is 2. The van der Waals surface area contributed by atoms with Crippen LogP contribution in [0.4, 0.5) is 5.69 Å². The van der Waals surface area contributed by atoms with Gasteiger partial charge in [-0.25, -0.2) is 0 Å². The molecular weight excluding hydrogens is 716 g/mol. The van der Waals surface area contributed by atoms with Crippen LogP contribution >= 0.6 is 23.4 Å². The van der Waals surface area contributed by atoms with Crippen LogP contribution in [0, 0.1) is 11.3 Å². The van der Waals surface area contributed by atoms with Crippen molar-refractivity contribution in [2.75, 3.05) is 43.4 Å². The van der Waals surface area contributed by atoms with E-state index in [9.17, 15) is 24.0 Å². The van der Waals surface area contributed by atoms with Crippen LogP contribution in [-0.4, -0.2) is 96.0 Å². The molecule has 0 bridgehead atoms. The van der Waals surface area contributed by atoms with Crippen LogP contribution in [0.1, 0.15) is 75.2 Å². The normalized spacial score (nSPS) is 21.9. The van der Waals surface area contributed by atoms with E-state index in [1.807, 2.05) is 30.3 Å². The first kappa shape index (κ1) is 36.5. The van der Waals surface area contributed by atoms with Crippen LogP contribution in [0.25, 0.3) is 0 Å². The molecule has 3 fully saturated rings. The number of piperazine rings is 1. The van der Waals surface area contributed by atoms with Crippen LogP contribution in [0.3, 0.4) is 0 Å². The lowest BCUT2D eigenvalue weighted by Crippen LogP contribution is -2.54. The Hall–Kier alpha value is -4.90. The smallest absolute Gasteiger partial charge is 0.262 e. The molecule has 7 rings (SSSR count). The fraction of sp³-hybridized carbons (Fsp3) is 0.385. The first-order valence-corrected chi connectivity index (χ1v) is 19.3. The van der Waals surface area contributed by atoms with E-state index < -0.39 is 29.7 Å². The number of carbonyl (C=O) groups is 5. The molecule has 5 amide bonds. The zero-order valence-electron chi connectivity index (χ0n) is 29.0. The van der Waals surface area contributed by atoms with Gasteiger partial charge in [0.25, 0.3) is 17.7 Å². The molecule has 4 aliphatic rings. The lowest BCUT2D eigenvalue weighted by atomic mass is 9.92. The Balaban J connectivity index is 0.822. The highest BCUT2D eigenvalue weighted by atomic mass is 35.5. The largest absolute Gasteiger partial charge is 0.490 e. The molecule has 2 N–H and O–H groups in total. The van der Waals surface area contributed by atoms with Crippen molar-refractivity contribution in [1.29, 1.82) is 5.26 Å². The highest BCUT2D eigenvalue weighted by Gasteiger charge is 2.44. The minimum absolute atomic E-state index is 0.0389. The second-order valence-electron chi connectivity index (χ2n) is 13.7. The van der Waals surface area contributed by atoms with E-state index in [0.717, 1.165) is 79.6 Å². The number of nitriles is 1. The van der Waals surface area contributed by atoms with Gasteiger partial charge in [0.15, 0.2) is 0 Å². The number of ether oxygens (including phenoxy) is 1. The maximum absolute atomic E-state index is 13.2. The first-order chi connectivity index (χ1) is 25.7. The molecule has 1 atom stereocenters. The molecule has 14 heteroatoms. The molecule has 0 spiro atoms. The molecule has 3 aliphatic heterocycles. The van der Waals surface area contributed by atoms with Gasteiger partial charge in [0.1, 0.15) is 17.9 Å². The number of rotatable bonds is 10. The fourth-order valence-corrected chi connectivity index (χ4v) is 8.50. The number of halogens is 1. The Bertz CT molecular complexity index is 1970. The van der Waals surface area contributed by atoms with E-state index in [1.165, 1.54) is 0 Å². The minimum Gasteiger partial charge on any atom is -0.490 e. The van der Waals surface area contributed by atoms with Crippen molar-refractivity contribution in [2.45, 2.75) is 61.6 Å². The molecule has 3 aromatic rings. The number of imide groups is 2. The third-order valence-corrected chi connectivity index (χ3v) is 11.6. The summed E-state index contributed by atoms with van der Waals surface area (Å²) in [5.41, 5.74) is 2.72. The molecule has 1 unspecified atom stereocenters. The molecule has 0 radical (unpaired) electrons. The van der Waals surface area contributed by atoms with Crippen molar-refractivity contribution in [3.8, 4) is 11.8 Å².